The summed E-state index contributed by atoms with van der Waals surface area (Å²) in [4.78, 5) is 0.861. The first-order valence-corrected chi connectivity index (χ1v) is 3.66. The molecule has 1 rings (SSSR count). The number of rotatable bonds is 1. The Morgan fingerprint density at radius 2 is 1.78 bits per heavy atom. The third kappa shape index (κ3) is 1.90. The van der Waals surface area contributed by atoms with Crippen LogP contribution in [0.25, 0.3) is 0 Å². The Bertz CT molecular complexity index is 185. The molecule has 0 heterocycles. The van der Waals surface area contributed by atoms with E-state index in [1.54, 1.807) is 24.3 Å². The van der Waals surface area contributed by atoms with Gasteiger partial charge in [-0.2, -0.15) is 4.55 Å². The molecule has 0 radical (unpaired) electrons. The van der Waals surface area contributed by atoms with Crippen molar-refractivity contribution >= 4 is 23.6 Å². The van der Waals surface area contributed by atoms with Gasteiger partial charge in [0.1, 0.15) is 0 Å². The van der Waals surface area contributed by atoms with Crippen molar-refractivity contribution in [1.29, 1.82) is 0 Å². The predicted octanol–water partition coefficient (Wildman–Crippen LogP) is 1.99. The van der Waals surface area contributed by atoms with Gasteiger partial charge in [-0.3, -0.25) is 0 Å². The molecule has 0 spiro atoms. The molecular weight excluding hydrogens is 156 g/mol. The number of halogens is 1. The molecule has 1 nitrogen and oxygen atoms in total. The van der Waals surface area contributed by atoms with E-state index in [4.69, 9.17) is 16.2 Å². The molecule has 9 heavy (non-hydrogen) atoms. The van der Waals surface area contributed by atoms with E-state index in [2.05, 4.69) is 0 Å². The van der Waals surface area contributed by atoms with E-state index >= 15 is 0 Å². The average Bonchev–Trinajstić information content (AvgIpc) is 1.90. The van der Waals surface area contributed by atoms with Gasteiger partial charge in [0, 0.05) is 5.02 Å². The number of hydrogen-bond acceptors (Lipinski definition) is 1. The van der Waals surface area contributed by atoms with Crippen molar-refractivity contribution in [2.24, 2.45) is 0 Å². The Hall–Kier alpha value is -0.180. The third-order valence-electron chi connectivity index (χ3n) is 0.942. The van der Waals surface area contributed by atoms with Gasteiger partial charge in [-0.05, 0) is 24.3 Å². The van der Waals surface area contributed by atoms with Gasteiger partial charge < -0.3 is 0 Å². The topological polar surface area (TPSA) is 20.2 Å². The van der Waals surface area contributed by atoms with E-state index in [1.165, 1.54) is 0 Å². The van der Waals surface area contributed by atoms with E-state index in [1.807, 2.05) is 0 Å². The van der Waals surface area contributed by atoms with Crippen LogP contribution < -0.4 is 0 Å². The van der Waals surface area contributed by atoms with Crippen molar-refractivity contribution in [3.05, 3.63) is 29.3 Å². The van der Waals surface area contributed by atoms with E-state index in [0.717, 1.165) is 4.90 Å². The fraction of sp³-hybridized carbons (Fsp3) is 0. The maximum absolute atomic E-state index is 8.56. The summed E-state index contributed by atoms with van der Waals surface area (Å²) in [7, 11) is 0. The molecule has 0 aliphatic rings. The molecule has 0 aliphatic carbocycles. The molecule has 0 unspecified atom stereocenters. The van der Waals surface area contributed by atoms with Crippen molar-refractivity contribution in [3.8, 4) is 0 Å². The molecule has 0 aromatic heterocycles. The average molecular weight is 162 g/mol. The highest BCUT2D eigenvalue weighted by atomic mass is 35.5. The van der Waals surface area contributed by atoms with Gasteiger partial charge in [0.05, 0.1) is 0 Å². The molecule has 1 aromatic rings. The van der Waals surface area contributed by atoms with E-state index in [0.29, 0.717) is 17.1 Å². The Morgan fingerprint density at radius 1 is 1.22 bits per heavy atom. The standard InChI is InChI=1S/C6H5ClOS/c7-5-1-3-6(9-8)4-2-5/h1-4,8H/p+1. The predicted molar refractivity (Wildman–Crippen MR) is 41.1 cm³/mol. The van der Waals surface area contributed by atoms with Gasteiger partial charge in [0.25, 0.3) is 0 Å². The van der Waals surface area contributed by atoms with Crippen molar-refractivity contribution in [3.63, 3.8) is 0 Å². The molecular formula is C6H6ClOS+. The summed E-state index contributed by atoms with van der Waals surface area (Å²) < 4.78 is 8.56. The maximum atomic E-state index is 8.56. The largest absolute Gasteiger partial charge is 0.187 e. The normalized spacial score (nSPS) is 9.56. The van der Waals surface area contributed by atoms with Crippen LogP contribution in [0.5, 0.6) is 0 Å². The lowest BCUT2D eigenvalue weighted by Gasteiger charge is -1.84. The van der Waals surface area contributed by atoms with Gasteiger partial charge in [-0.15, -0.1) is 0 Å². The zero-order valence-corrected chi connectivity index (χ0v) is 6.23. The first-order chi connectivity index (χ1) is 4.33. The highest BCUT2D eigenvalue weighted by molar-refractivity contribution is 7.72. The monoisotopic (exact) mass is 161 g/mol. The van der Waals surface area contributed by atoms with Crippen LogP contribution in [-0.4, -0.2) is 4.55 Å². The molecule has 0 saturated carbocycles. The van der Waals surface area contributed by atoms with Crippen LogP contribution >= 0.6 is 11.6 Å². The Labute approximate surface area is 62.9 Å². The fourth-order valence-electron chi connectivity index (χ4n) is 0.508. The molecule has 1 N–H and O–H groups in total. The molecule has 48 valence electrons. The Morgan fingerprint density at radius 3 is 2.22 bits per heavy atom. The second kappa shape index (κ2) is 3.11. The summed E-state index contributed by atoms with van der Waals surface area (Å²) in [6, 6.07) is 7.06. The lowest BCUT2D eigenvalue weighted by atomic mass is 10.4. The highest BCUT2D eigenvalue weighted by Gasteiger charge is 1.96. The summed E-state index contributed by atoms with van der Waals surface area (Å²) in [5.41, 5.74) is 0. The first-order valence-electron chi connectivity index (χ1n) is 2.43. The van der Waals surface area contributed by atoms with Crippen molar-refractivity contribution in [2.45, 2.75) is 4.90 Å². The van der Waals surface area contributed by atoms with Crippen LogP contribution in [0.1, 0.15) is 0 Å². The summed E-state index contributed by atoms with van der Waals surface area (Å²) >= 11 is 5.88. The Balaban J connectivity index is 2.88. The fourth-order valence-corrected chi connectivity index (χ4v) is 0.916. The zero-order chi connectivity index (χ0) is 6.69. The van der Waals surface area contributed by atoms with Gasteiger partial charge >= 0.3 is 0 Å². The van der Waals surface area contributed by atoms with E-state index < -0.39 is 0 Å². The minimum Gasteiger partial charge on any atom is -0.184 e. The summed E-state index contributed by atoms with van der Waals surface area (Å²) in [6.07, 6.45) is 0. The molecule has 0 atom stereocenters. The Kier molecular flexibility index (Phi) is 2.39. The van der Waals surface area contributed by atoms with Crippen LogP contribution in [0.15, 0.2) is 29.2 Å². The van der Waals surface area contributed by atoms with Gasteiger partial charge in [0.15, 0.2) is 16.9 Å². The molecule has 0 saturated heterocycles. The minimum absolute atomic E-state index is 0.293. The van der Waals surface area contributed by atoms with Crippen LogP contribution in [0.3, 0.4) is 0 Å². The lowest BCUT2D eigenvalue weighted by molar-refractivity contribution is 0.658. The maximum Gasteiger partial charge on any atom is 0.187 e. The van der Waals surface area contributed by atoms with Gasteiger partial charge in [-0.25, -0.2) is 0 Å². The smallest absolute Gasteiger partial charge is 0.184 e. The van der Waals surface area contributed by atoms with Crippen molar-refractivity contribution < 1.29 is 4.55 Å². The van der Waals surface area contributed by atoms with E-state index in [9.17, 15) is 0 Å². The minimum atomic E-state index is 0.293. The van der Waals surface area contributed by atoms with Crippen molar-refractivity contribution in [2.75, 3.05) is 0 Å². The van der Waals surface area contributed by atoms with Crippen LogP contribution in [0.2, 0.25) is 5.02 Å². The number of hydrogen-bond donors (Lipinski definition) is 1. The van der Waals surface area contributed by atoms with Crippen molar-refractivity contribution in [1.82, 2.24) is 0 Å². The van der Waals surface area contributed by atoms with Crippen LogP contribution in [0.4, 0.5) is 0 Å². The quantitative estimate of drug-likeness (QED) is 0.494. The van der Waals surface area contributed by atoms with Crippen LogP contribution in [0, 0.1) is 0 Å². The second-order valence-corrected chi connectivity index (χ2v) is 2.73. The third-order valence-corrected chi connectivity index (χ3v) is 1.72. The van der Waals surface area contributed by atoms with Gasteiger partial charge in [0.2, 0.25) is 0 Å². The van der Waals surface area contributed by atoms with Gasteiger partial charge in [-0.1, -0.05) is 11.6 Å². The summed E-state index contributed by atoms with van der Waals surface area (Å²) in [6.45, 7) is 0. The highest BCUT2D eigenvalue weighted by Crippen LogP contribution is 2.09. The summed E-state index contributed by atoms with van der Waals surface area (Å²) in [5.74, 6) is 0. The van der Waals surface area contributed by atoms with E-state index in [-0.39, 0.29) is 0 Å². The SMILES string of the molecule is O[SH+]c1ccc(Cl)cc1. The first kappa shape index (κ1) is 6.93. The molecule has 0 aliphatic heterocycles. The molecule has 0 fully saturated rings. The molecule has 3 heteroatoms. The zero-order valence-electron chi connectivity index (χ0n) is 4.58. The molecule has 0 bridgehead atoms. The number of benzene rings is 1. The number of thiol groups is 1. The lowest BCUT2D eigenvalue weighted by Crippen LogP contribution is -1.76. The molecule has 0 amide bonds. The summed E-state index contributed by atoms with van der Waals surface area (Å²) in [5, 5.41) is 0.697. The second-order valence-electron chi connectivity index (χ2n) is 1.58. The molecule has 1 aromatic carbocycles. The van der Waals surface area contributed by atoms with Crippen LogP contribution in [-0.2, 0) is 12.0 Å².